The Balaban J connectivity index is 1.74. The summed E-state index contributed by atoms with van der Waals surface area (Å²) >= 11 is 5.99. The summed E-state index contributed by atoms with van der Waals surface area (Å²) in [6, 6.07) is 10.9. The second kappa shape index (κ2) is 6.60. The number of hydrogen-bond acceptors (Lipinski definition) is 2. The molecule has 120 valence electrons. The zero-order valence-corrected chi connectivity index (χ0v) is 13.7. The molecule has 23 heavy (non-hydrogen) atoms. The van der Waals surface area contributed by atoms with Crippen molar-refractivity contribution in [2.45, 2.75) is 32.3 Å². The molecule has 0 fully saturated rings. The van der Waals surface area contributed by atoms with Crippen LogP contribution in [-0.2, 0) is 12.8 Å². The largest absolute Gasteiger partial charge is 0.393 e. The van der Waals surface area contributed by atoms with Gasteiger partial charge in [-0.3, -0.25) is 0 Å². The van der Waals surface area contributed by atoms with E-state index in [1.165, 1.54) is 5.56 Å². The lowest BCUT2D eigenvalue weighted by molar-refractivity contribution is 0.159. The van der Waals surface area contributed by atoms with E-state index in [9.17, 15) is 9.90 Å². The van der Waals surface area contributed by atoms with Crippen LogP contribution in [0.1, 0.15) is 23.1 Å². The van der Waals surface area contributed by atoms with Crippen LogP contribution in [0.4, 0.5) is 16.2 Å². The molecule has 0 saturated heterocycles. The van der Waals surface area contributed by atoms with E-state index < -0.39 is 0 Å². The quantitative estimate of drug-likeness (QED) is 0.775. The van der Waals surface area contributed by atoms with Gasteiger partial charge in [0.2, 0.25) is 0 Å². The number of nitrogens with one attached hydrogen (secondary N) is 2. The predicted molar refractivity (Wildman–Crippen MR) is 93.3 cm³/mol. The van der Waals surface area contributed by atoms with E-state index in [1.54, 1.807) is 12.1 Å². The van der Waals surface area contributed by atoms with Crippen molar-refractivity contribution < 1.29 is 9.90 Å². The van der Waals surface area contributed by atoms with Crippen LogP contribution >= 0.6 is 11.6 Å². The number of rotatable bonds is 2. The molecule has 0 aliphatic heterocycles. The van der Waals surface area contributed by atoms with Crippen LogP contribution in [0, 0.1) is 6.92 Å². The lowest BCUT2D eigenvalue weighted by atomic mass is 9.88. The first kappa shape index (κ1) is 15.8. The predicted octanol–water partition coefficient (Wildman–Crippen LogP) is 4.14. The van der Waals surface area contributed by atoms with E-state index in [0.29, 0.717) is 17.1 Å². The third kappa shape index (κ3) is 3.66. The third-order valence-corrected chi connectivity index (χ3v) is 4.55. The van der Waals surface area contributed by atoms with Gasteiger partial charge >= 0.3 is 6.03 Å². The van der Waals surface area contributed by atoms with Gasteiger partial charge in [-0.05, 0) is 60.7 Å². The number of urea groups is 1. The van der Waals surface area contributed by atoms with Crippen LogP contribution in [0.2, 0.25) is 5.02 Å². The van der Waals surface area contributed by atoms with Gasteiger partial charge in [-0.1, -0.05) is 23.7 Å². The van der Waals surface area contributed by atoms with Crippen LogP contribution in [0.25, 0.3) is 0 Å². The van der Waals surface area contributed by atoms with E-state index in [2.05, 4.69) is 10.6 Å². The molecule has 3 N–H and O–H groups in total. The van der Waals surface area contributed by atoms with E-state index >= 15 is 0 Å². The van der Waals surface area contributed by atoms with Crippen molar-refractivity contribution in [2.24, 2.45) is 0 Å². The Morgan fingerprint density at radius 1 is 1.26 bits per heavy atom. The zero-order chi connectivity index (χ0) is 16.4. The van der Waals surface area contributed by atoms with Crippen molar-refractivity contribution in [3.8, 4) is 0 Å². The molecular formula is C18H19ClN2O2. The maximum atomic E-state index is 12.2. The second-order valence-corrected chi connectivity index (χ2v) is 6.29. The van der Waals surface area contributed by atoms with Gasteiger partial charge in [-0.2, -0.15) is 0 Å². The monoisotopic (exact) mass is 330 g/mol. The van der Waals surface area contributed by atoms with Crippen molar-refractivity contribution in [1.29, 1.82) is 0 Å². The van der Waals surface area contributed by atoms with Gasteiger partial charge in [0, 0.05) is 22.8 Å². The number of amides is 2. The highest BCUT2D eigenvalue weighted by Gasteiger charge is 2.19. The van der Waals surface area contributed by atoms with Crippen LogP contribution in [0.15, 0.2) is 36.4 Å². The number of halogens is 1. The normalized spacial score (nSPS) is 16.6. The fraction of sp³-hybridized carbons (Fsp3) is 0.278. The first-order valence-corrected chi connectivity index (χ1v) is 8.03. The zero-order valence-electron chi connectivity index (χ0n) is 12.9. The number of carbonyl (C=O) groups is 1. The van der Waals surface area contributed by atoms with Crippen LogP contribution in [0.3, 0.4) is 0 Å². The van der Waals surface area contributed by atoms with E-state index in [4.69, 9.17) is 11.6 Å². The Hall–Kier alpha value is -2.04. The van der Waals surface area contributed by atoms with Crippen LogP contribution in [-0.4, -0.2) is 17.2 Å². The standard InChI is InChI=1S/C18H19ClN2O2/c1-11-9-13(6-8-16(11)19)20-18(23)21-17-4-2-3-12-5-7-14(22)10-15(12)17/h2-4,6,8-9,14,22H,5,7,10H2,1H3,(H2,20,21,23)/t14-/m0/s1. The molecule has 2 aromatic rings. The van der Waals surface area contributed by atoms with Crippen molar-refractivity contribution in [2.75, 3.05) is 10.6 Å². The Morgan fingerprint density at radius 2 is 2.09 bits per heavy atom. The molecule has 0 aromatic heterocycles. The highest BCUT2D eigenvalue weighted by atomic mass is 35.5. The molecule has 5 heteroatoms. The Kier molecular flexibility index (Phi) is 4.55. The number of fused-ring (bicyclic) bond motifs is 1. The van der Waals surface area contributed by atoms with Crippen LogP contribution < -0.4 is 10.6 Å². The minimum Gasteiger partial charge on any atom is -0.393 e. The summed E-state index contributed by atoms with van der Waals surface area (Å²) in [4.78, 5) is 12.2. The summed E-state index contributed by atoms with van der Waals surface area (Å²) in [5, 5.41) is 16.2. The summed E-state index contributed by atoms with van der Waals surface area (Å²) in [5.41, 5.74) is 4.56. The van der Waals surface area contributed by atoms with Gasteiger partial charge in [-0.15, -0.1) is 0 Å². The molecule has 0 saturated carbocycles. The number of anilines is 2. The average molecular weight is 331 g/mol. The highest BCUT2D eigenvalue weighted by molar-refractivity contribution is 6.31. The molecule has 1 aliphatic rings. The van der Waals surface area contributed by atoms with Gasteiger partial charge in [0.25, 0.3) is 0 Å². The smallest absolute Gasteiger partial charge is 0.323 e. The number of benzene rings is 2. The minimum absolute atomic E-state index is 0.305. The molecule has 2 aromatic carbocycles. The second-order valence-electron chi connectivity index (χ2n) is 5.88. The van der Waals surface area contributed by atoms with Gasteiger partial charge in [0.15, 0.2) is 0 Å². The molecule has 4 nitrogen and oxygen atoms in total. The Bertz CT molecular complexity index is 746. The average Bonchev–Trinajstić information content (AvgIpc) is 2.51. The van der Waals surface area contributed by atoms with Gasteiger partial charge in [0.05, 0.1) is 6.10 Å². The number of aryl methyl sites for hydroxylation is 2. The molecule has 2 amide bonds. The van der Waals surface area contributed by atoms with Gasteiger partial charge < -0.3 is 15.7 Å². The first-order chi connectivity index (χ1) is 11.0. The van der Waals surface area contributed by atoms with Crippen molar-refractivity contribution in [3.05, 3.63) is 58.1 Å². The maximum absolute atomic E-state index is 12.2. The molecule has 0 bridgehead atoms. The summed E-state index contributed by atoms with van der Waals surface area (Å²) < 4.78 is 0. The van der Waals surface area contributed by atoms with Gasteiger partial charge in [0.1, 0.15) is 0 Å². The number of aliphatic hydroxyl groups is 1. The summed E-state index contributed by atoms with van der Waals surface area (Å²) in [5.74, 6) is 0. The Labute approximate surface area is 140 Å². The van der Waals surface area contributed by atoms with E-state index in [1.807, 2.05) is 31.2 Å². The summed E-state index contributed by atoms with van der Waals surface area (Å²) in [6.07, 6.45) is 1.84. The van der Waals surface area contributed by atoms with Crippen molar-refractivity contribution in [1.82, 2.24) is 0 Å². The fourth-order valence-electron chi connectivity index (χ4n) is 2.89. The fourth-order valence-corrected chi connectivity index (χ4v) is 3.01. The lowest BCUT2D eigenvalue weighted by Gasteiger charge is -2.23. The third-order valence-electron chi connectivity index (χ3n) is 4.12. The highest BCUT2D eigenvalue weighted by Crippen LogP contribution is 2.28. The molecule has 0 radical (unpaired) electrons. The SMILES string of the molecule is Cc1cc(NC(=O)Nc2cccc3c2C[C@@H](O)CC3)ccc1Cl. The molecular weight excluding hydrogens is 312 g/mol. The van der Waals surface area contributed by atoms with E-state index in [0.717, 1.165) is 29.7 Å². The molecule has 1 aliphatic carbocycles. The van der Waals surface area contributed by atoms with Crippen LogP contribution in [0.5, 0.6) is 0 Å². The summed E-state index contributed by atoms with van der Waals surface area (Å²) in [7, 11) is 0. The van der Waals surface area contributed by atoms with Gasteiger partial charge in [-0.25, -0.2) is 4.79 Å². The number of carbonyl (C=O) groups excluding carboxylic acids is 1. The molecule has 3 rings (SSSR count). The molecule has 0 spiro atoms. The molecule has 0 unspecified atom stereocenters. The number of aliphatic hydroxyl groups excluding tert-OH is 1. The van der Waals surface area contributed by atoms with Crippen molar-refractivity contribution >= 4 is 29.0 Å². The first-order valence-electron chi connectivity index (χ1n) is 7.66. The Morgan fingerprint density at radius 3 is 2.87 bits per heavy atom. The maximum Gasteiger partial charge on any atom is 0.323 e. The summed E-state index contributed by atoms with van der Waals surface area (Å²) in [6.45, 7) is 1.89. The lowest BCUT2D eigenvalue weighted by Crippen LogP contribution is -2.24. The van der Waals surface area contributed by atoms with E-state index in [-0.39, 0.29) is 12.1 Å². The minimum atomic E-state index is -0.340. The topological polar surface area (TPSA) is 61.4 Å². The number of hydrogen-bond donors (Lipinski definition) is 3. The molecule has 1 atom stereocenters. The van der Waals surface area contributed by atoms with Crippen molar-refractivity contribution in [3.63, 3.8) is 0 Å². The molecule has 0 heterocycles.